The molecule has 0 unspecified atom stereocenters. The predicted molar refractivity (Wildman–Crippen MR) is 173 cm³/mol. The molecule has 3 aliphatic carbocycles. The van der Waals surface area contributed by atoms with Crippen molar-refractivity contribution < 1.29 is 23.9 Å². The number of esters is 1. The highest BCUT2D eigenvalue weighted by Gasteiger charge is 2.72. The summed E-state index contributed by atoms with van der Waals surface area (Å²) in [4.78, 5) is 51.5. The number of hydrogen-bond acceptors (Lipinski definition) is 5. The van der Waals surface area contributed by atoms with Crippen LogP contribution >= 0.6 is 23.2 Å². The zero-order valence-electron chi connectivity index (χ0n) is 25.2. The van der Waals surface area contributed by atoms with Crippen molar-refractivity contribution in [2.75, 3.05) is 18.5 Å². The molecule has 1 heterocycles. The van der Waals surface area contributed by atoms with Crippen molar-refractivity contribution in [1.29, 1.82) is 0 Å². The fourth-order valence-corrected chi connectivity index (χ4v) is 8.29. The van der Waals surface area contributed by atoms with Gasteiger partial charge in [-0.05, 0) is 65.8 Å². The van der Waals surface area contributed by atoms with Crippen LogP contribution in [-0.4, -0.2) is 41.7 Å². The molecule has 0 radical (unpaired) electrons. The van der Waals surface area contributed by atoms with Crippen molar-refractivity contribution >= 4 is 52.6 Å². The van der Waals surface area contributed by atoms with E-state index in [1.165, 1.54) is 4.90 Å². The Kier molecular flexibility index (Phi) is 8.77. The number of carbonyl (C=O) groups is 4. The molecule has 45 heavy (non-hydrogen) atoms. The lowest BCUT2D eigenvalue weighted by Crippen LogP contribution is -2.57. The molecule has 234 valence electrons. The SMILES string of the molecule is CCCCCOC(=O)c1ccc(NC(=O)CCCCCN2C(=O)[C@H]3[C@H](C2=O)C2(Cl)c4ccccc4C3(Cl)c3ccccc32)cc1. The van der Waals surface area contributed by atoms with Crippen molar-refractivity contribution in [3.8, 4) is 0 Å². The second-order valence-electron chi connectivity index (χ2n) is 12.1. The second kappa shape index (κ2) is 12.6. The highest BCUT2D eigenvalue weighted by Crippen LogP contribution is 2.69. The molecule has 1 fully saturated rings. The Bertz CT molecular complexity index is 1520. The topological polar surface area (TPSA) is 92.8 Å². The number of nitrogens with zero attached hydrogens (tertiary/aromatic N) is 1. The van der Waals surface area contributed by atoms with Crippen LogP contribution in [0.25, 0.3) is 0 Å². The number of unbranched alkanes of at least 4 members (excludes halogenated alkanes) is 4. The molecule has 3 aromatic carbocycles. The maximum absolute atomic E-state index is 13.9. The van der Waals surface area contributed by atoms with Crippen LogP contribution in [0.5, 0.6) is 0 Å². The lowest BCUT2D eigenvalue weighted by atomic mass is 9.54. The molecule has 9 heteroatoms. The Morgan fingerprint density at radius 1 is 0.756 bits per heavy atom. The Balaban J connectivity index is 1.03. The zero-order valence-corrected chi connectivity index (χ0v) is 26.7. The van der Waals surface area contributed by atoms with Crippen LogP contribution in [0.15, 0.2) is 72.8 Å². The van der Waals surface area contributed by atoms with Gasteiger partial charge in [0.2, 0.25) is 17.7 Å². The molecule has 2 bridgehead atoms. The number of hydrogen-bond donors (Lipinski definition) is 1. The van der Waals surface area contributed by atoms with Gasteiger partial charge in [-0.2, -0.15) is 0 Å². The Morgan fingerprint density at radius 3 is 1.80 bits per heavy atom. The van der Waals surface area contributed by atoms with Crippen molar-refractivity contribution in [2.45, 2.75) is 61.6 Å². The summed E-state index contributed by atoms with van der Waals surface area (Å²) < 4.78 is 5.27. The molecule has 1 N–H and O–H groups in total. The van der Waals surface area contributed by atoms with E-state index in [4.69, 9.17) is 27.9 Å². The third kappa shape index (κ3) is 5.24. The predicted octanol–water partition coefficient (Wildman–Crippen LogP) is 7.13. The molecule has 0 spiro atoms. The van der Waals surface area contributed by atoms with Crippen molar-refractivity contribution in [1.82, 2.24) is 4.90 Å². The van der Waals surface area contributed by atoms with E-state index in [9.17, 15) is 19.2 Å². The normalized spacial score (nSPS) is 24.2. The van der Waals surface area contributed by atoms with E-state index in [1.54, 1.807) is 24.3 Å². The van der Waals surface area contributed by atoms with Crippen LogP contribution in [-0.2, 0) is 28.9 Å². The molecule has 3 aromatic rings. The molecule has 0 saturated carbocycles. The maximum Gasteiger partial charge on any atom is 0.338 e. The minimum atomic E-state index is -1.18. The summed E-state index contributed by atoms with van der Waals surface area (Å²) >= 11 is 14.9. The van der Waals surface area contributed by atoms with Gasteiger partial charge in [-0.15, -0.1) is 23.2 Å². The van der Waals surface area contributed by atoms with E-state index in [0.717, 1.165) is 41.5 Å². The van der Waals surface area contributed by atoms with Crippen LogP contribution in [0.2, 0.25) is 0 Å². The van der Waals surface area contributed by atoms with Gasteiger partial charge in [-0.1, -0.05) is 74.7 Å². The average molecular weight is 648 g/mol. The van der Waals surface area contributed by atoms with Crippen LogP contribution < -0.4 is 5.32 Å². The monoisotopic (exact) mass is 646 g/mol. The summed E-state index contributed by atoms with van der Waals surface area (Å²) in [5, 5.41) is 2.85. The number of alkyl halides is 2. The Morgan fingerprint density at radius 2 is 1.29 bits per heavy atom. The maximum atomic E-state index is 13.9. The van der Waals surface area contributed by atoms with Gasteiger partial charge in [0.05, 0.1) is 24.0 Å². The molecule has 7 nitrogen and oxygen atoms in total. The number of nitrogens with one attached hydrogen (secondary N) is 1. The molecule has 0 aromatic heterocycles. The van der Waals surface area contributed by atoms with Crippen LogP contribution in [0, 0.1) is 11.8 Å². The van der Waals surface area contributed by atoms with Crippen molar-refractivity contribution in [3.63, 3.8) is 0 Å². The largest absolute Gasteiger partial charge is 0.462 e. The summed E-state index contributed by atoms with van der Waals surface area (Å²) in [6, 6.07) is 21.8. The number of imide groups is 1. The van der Waals surface area contributed by atoms with Gasteiger partial charge in [0.1, 0.15) is 9.75 Å². The zero-order chi connectivity index (χ0) is 31.8. The molecular formula is C36H36Cl2N2O5. The summed E-state index contributed by atoms with van der Waals surface area (Å²) in [6.45, 7) is 2.73. The van der Waals surface area contributed by atoms with Gasteiger partial charge >= 0.3 is 5.97 Å². The minimum absolute atomic E-state index is 0.149. The fourth-order valence-electron chi connectivity index (χ4n) is 7.19. The first-order valence-electron chi connectivity index (χ1n) is 15.7. The van der Waals surface area contributed by atoms with E-state index in [-0.39, 0.29) is 36.7 Å². The van der Waals surface area contributed by atoms with Crippen molar-refractivity contribution in [2.24, 2.45) is 11.8 Å². The number of ether oxygens (including phenoxy) is 1. The van der Waals surface area contributed by atoms with Crippen molar-refractivity contribution in [3.05, 3.63) is 101 Å². The van der Waals surface area contributed by atoms with Gasteiger partial charge < -0.3 is 10.1 Å². The smallest absolute Gasteiger partial charge is 0.338 e. The van der Waals surface area contributed by atoms with Crippen LogP contribution in [0.1, 0.15) is 84.5 Å². The molecule has 1 saturated heterocycles. The summed E-state index contributed by atoms with van der Waals surface area (Å²) in [6.07, 6.45) is 5.00. The van der Waals surface area contributed by atoms with Gasteiger partial charge in [-0.25, -0.2) is 4.79 Å². The highest BCUT2D eigenvalue weighted by molar-refractivity contribution is 6.36. The first-order chi connectivity index (χ1) is 21.7. The van der Waals surface area contributed by atoms with Gasteiger partial charge in [0.25, 0.3) is 0 Å². The highest BCUT2D eigenvalue weighted by atomic mass is 35.5. The second-order valence-corrected chi connectivity index (χ2v) is 13.3. The quantitative estimate of drug-likeness (QED) is 0.0978. The Hall–Kier alpha value is -3.68. The van der Waals surface area contributed by atoms with E-state index < -0.39 is 21.6 Å². The molecule has 3 amide bonds. The fraction of sp³-hybridized carbons (Fsp3) is 0.389. The third-order valence-electron chi connectivity index (χ3n) is 9.35. The number of benzene rings is 3. The number of rotatable bonds is 12. The van der Waals surface area contributed by atoms with E-state index in [1.807, 2.05) is 48.5 Å². The van der Waals surface area contributed by atoms with Gasteiger partial charge in [0.15, 0.2) is 0 Å². The van der Waals surface area contributed by atoms with E-state index >= 15 is 0 Å². The summed E-state index contributed by atoms with van der Waals surface area (Å²) in [7, 11) is 0. The Labute approximate surface area is 273 Å². The van der Waals surface area contributed by atoms with Crippen LogP contribution in [0.3, 0.4) is 0 Å². The molecule has 4 aliphatic rings. The first-order valence-corrected chi connectivity index (χ1v) is 16.5. The molecular weight excluding hydrogens is 611 g/mol. The van der Waals surface area contributed by atoms with E-state index in [0.29, 0.717) is 37.1 Å². The minimum Gasteiger partial charge on any atom is -0.462 e. The average Bonchev–Trinajstić information content (AvgIpc) is 3.32. The summed E-state index contributed by atoms with van der Waals surface area (Å²) in [5.74, 6) is -2.70. The standard InChI is InChI=1S/C36H36Cl2N2O5/c1-2-3-11-22-45-34(44)23-17-19-24(20-18-23)39-29(41)16-5-4-10-21-40-32(42)30-31(33(40)43)36(38)26-13-7-6-12-25(26)35(30,37)27-14-8-9-15-28(27)36/h6-9,12-15,17-20,30-31H,2-5,10-11,16,21-22H2,1H3,(H,39,41)/t30-,31-,35?,36?/m1/s1. The van der Waals surface area contributed by atoms with E-state index in [2.05, 4.69) is 12.2 Å². The lowest BCUT2D eigenvalue weighted by molar-refractivity contribution is -0.140. The number of likely N-dealkylation sites (tertiary alicyclic amines) is 1. The van der Waals surface area contributed by atoms with Crippen LogP contribution in [0.4, 0.5) is 5.69 Å². The molecule has 7 rings (SSSR count). The number of anilines is 1. The summed E-state index contributed by atoms with van der Waals surface area (Å²) in [5.41, 5.74) is 4.18. The third-order valence-corrected chi connectivity index (χ3v) is 10.6. The lowest BCUT2D eigenvalue weighted by Gasteiger charge is -2.54. The molecule has 1 aliphatic heterocycles. The first kappa shape index (κ1) is 31.3. The molecule has 2 atom stereocenters. The van der Waals surface area contributed by atoms with Gasteiger partial charge in [0, 0.05) is 18.7 Å². The number of halogens is 2. The number of carbonyl (C=O) groups excluding carboxylic acids is 4. The number of amides is 3. The van der Waals surface area contributed by atoms with Gasteiger partial charge in [-0.3, -0.25) is 19.3 Å².